The molecule has 0 radical (unpaired) electrons. The van der Waals surface area contributed by atoms with E-state index in [-0.39, 0.29) is 24.9 Å². The number of methoxy groups -OCH3 is 1. The van der Waals surface area contributed by atoms with E-state index in [0.717, 1.165) is 17.1 Å². The van der Waals surface area contributed by atoms with Crippen molar-refractivity contribution in [1.82, 2.24) is 14.7 Å². The molecule has 8 heteroatoms. The Labute approximate surface area is 181 Å². The van der Waals surface area contributed by atoms with Crippen LogP contribution in [0.2, 0.25) is 0 Å². The van der Waals surface area contributed by atoms with E-state index in [1.807, 2.05) is 44.2 Å². The highest BCUT2D eigenvalue weighted by molar-refractivity contribution is 5.95. The first-order valence-electron chi connectivity index (χ1n) is 9.91. The number of ether oxygens (including phenoxy) is 1. The molecule has 0 fully saturated rings. The number of aromatic nitrogens is 2. The zero-order valence-corrected chi connectivity index (χ0v) is 18.2. The maximum Gasteiger partial charge on any atom is 0.238 e. The summed E-state index contributed by atoms with van der Waals surface area (Å²) >= 11 is 0. The molecule has 3 rings (SSSR count). The van der Waals surface area contributed by atoms with Gasteiger partial charge in [-0.05, 0) is 45.2 Å². The van der Waals surface area contributed by atoms with Crippen molar-refractivity contribution < 1.29 is 14.3 Å². The lowest BCUT2D eigenvalue weighted by atomic mass is 10.3. The highest BCUT2D eigenvalue weighted by Gasteiger charge is 2.17. The maximum atomic E-state index is 12.6. The molecule has 0 atom stereocenters. The lowest BCUT2D eigenvalue weighted by Crippen LogP contribution is -2.36. The predicted molar refractivity (Wildman–Crippen MR) is 121 cm³/mol. The molecule has 0 aliphatic heterocycles. The Hall–Kier alpha value is -3.65. The van der Waals surface area contributed by atoms with Crippen molar-refractivity contribution >= 4 is 23.2 Å². The van der Waals surface area contributed by atoms with Gasteiger partial charge in [-0.1, -0.05) is 24.3 Å². The van der Waals surface area contributed by atoms with Crippen LogP contribution < -0.4 is 15.4 Å². The monoisotopic (exact) mass is 421 g/mol. The summed E-state index contributed by atoms with van der Waals surface area (Å²) < 4.78 is 6.96. The van der Waals surface area contributed by atoms with Crippen LogP contribution in [0, 0.1) is 13.8 Å². The highest BCUT2D eigenvalue weighted by Crippen LogP contribution is 2.22. The van der Waals surface area contributed by atoms with Crippen LogP contribution >= 0.6 is 0 Å². The fraction of sp³-hybridized carbons (Fsp3) is 0.261. The zero-order valence-electron chi connectivity index (χ0n) is 18.2. The van der Waals surface area contributed by atoms with Crippen molar-refractivity contribution in [2.75, 3.05) is 37.9 Å². The summed E-state index contributed by atoms with van der Waals surface area (Å²) in [6, 6.07) is 16.9. The zero-order chi connectivity index (χ0) is 22.4. The van der Waals surface area contributed by atoms with E-state index >= 15 is 0 Å². The van der Waals surface area contributed by atoms with Crippen molar-refractivity contribution in [2.24, 2.45) is 0 Å². The standard InChI is InChI=1S/C23H27N5O3/c1-16-23(17(2)28(26-16)19-10-6-5-7-11-19)25-22(30)15-27(3)14-21(29)24-18-9-8-12-20(13-18)31-4/h5-13H,14-15H2,1-4H3,(H,24,29)(H,25,30). The molecule has 2 amide bonds. The number of para-hydroxylation sites is 1. The van der Waals surface area contributed by atoms with Gasteiger partial charge in [0.05, 0.1) is 43.0 Å². The highest BCUT2D eigenvalue weighted by atomic mass is 16.5. The summed E-state index contributed by atoms with van der Waals surface area (Å²) in [5.41, 5.74) is 3.82. The number of carbonyl (C=O) groups excluding carboxylic acids is 2. The molecule has 1 heterocycles. The summed E-state index contributed by atoms with van der Waals surface area (Å²) in [6.07, 6.45) is 0. The number of benzene rings is 2. The van der Waals surface area contributed by atoms with E-state index in [1.165, 1.54) is 0 Å². The molecule has 0 unspecified atom stereocenters. The molecule has 162 valence electrons. The average Bonchev–Trinajstić information content (AvgIpc) is 3.02. The fourth-order valence-corrected chi connectivity index (χ4v) is 3.27. The van der Waals surface area contributed by atoms with Crippen LogP contribution in [0.4, 0.5) is 11.4 Å². The number of rotatable bonds is 8. The van der Waals surface area contributed by atoms with E-state index in [0.29, 0.717) is 17.1 Å². The van der Waals surface area contributed by atoms with Gasteiger partial charge in [-0.25, -0.2) is 4.68 Å². The quantitative estimate of drug-likeness (QED) is 0.584. The summed E-state index contributed by atoms with van der Waals surface area (Å²) in [5.74, 6) is 0.232. The molecule has 0 bridgehead atoms. The van der Waals surface area contributed by atoms with Crippen molar-refractivity contribution in [3.63, 3.8) is 0 Å². The maximum absolute atomic E-state index is 12.6. The lowest BCUT2D eigenvalue weighted by molar-refractivity contribution is -0.119. The van der Waals surface area contributed by atoms with Gasteiger partial charge >= 0.3 is 0 Å². The second-order valence-electron chi connectivity index (χ2n) is 7.29. The summed E-state index contributed by atoms with van der Waals surface area (Å²) in [4.78, 5) is 26.5. The number of hydrogen-bond acceptors (Lipinski definition) is 5. The number of aryl methyl sites for hydroxylation is 1. The second kappa shape index (κ2) is 9.90. The Morgan fingerprint density at radius 1 is 1.00 bits per heavy atom. The van der Waals surface area contributed by atoms with Gasteiger partial charge in [-0.3, -0.25) is 14.5 Å². The fourth-order valence-electron chi connectivity index (χ4n) is 3.27. The first-order valence-corrected chi connectivity index (χ1v) is 9.91. The largest absolute Gasteiger partial charge is 0.497 e. The van der Waals surface area contributed by atoms with Gasteiger partial charge in [0, 0.05) is 11.8 Å². The predicted octanol–water partition coefficient (Wildman–Crippen LogP) is 3.01. The number of amides is 2. The first kappa shape index (κ1) is 22.0. The molecule has 1 aromatic heterocycles. The van der Waals surface area contributed by atoms with Crippen LogP contribution in [-0.4, -0.2) is 53.7 Å². The van der Waals surface area contributed by atoms with Gasteiger partial charge in [0.2, 0.25) is 11.8 Å². The molecule has 0 spiro atoms. The minimum absolute atomic E-state index is 0.0704. The third-order valence-electron chi connectivity index (χ3n) is 4.74. The first-order chi connectivity index (χ1) is 14.9. The van der Waals surface area contributed by atoms with E-state index in [1.54, 1.807) is 48.0 Å². The summed E-state index contributed by atoms with van der Waals surface area (Å²) in [7, 11) is 3.29. The van der Waals surface area contributed by atoms with Gasteiger partial charge in [-0.2, -0.15) is 5.10 Å². The molecular formula is C23H27N5O3. The minimum atomic E-state index is -0.215. The van der Waals surface area contributed by atoms with E-state index in [4.69, 9.17) is 4.74 Å². The minimum Gasteiger partial charge on any atom is -0.497 e. The van der Waals surface area contributed by atoms with Gasteiger partial charge in [-0.15, -0.1) is 0 Å². The van der Waals surface area contributed by atoms with E-state index in [9.17, 15) is 9.59 Å². The Bertz CT molecular complexity index is 1060. The van der Waals surface area contributed by atoms with Crippen LogP contribution in [0.1, 0.15) is 11.4 Å². The molecule has 0 saturated carbocycles. The van der Waals surface area contributed by atoms with Gasteiger partial charge < -0.3 is 15.4 Å². The summed E-state index contributed by atoms with van der Waals surface area (Å²) in [6.45, 7) is 3.91. The topological polar surface area (TPSA) is 88.5 Å². The van der Waals surface area contributed by atoms with Crippen molar-refractivity contribution in [1.29, 1.82) is 0 Å². The van der Waals surface area contributed by atoms with Crippen LogP contribution in [0.5, 0.6) is 5.75 Å². The molecule has 0 saturated heterocycles. The molecule has 2 N–H and O–H groups in total. The number of carbonyl (C=O) groups is 2. The molecule has 31 heavy (non-hydrogen) atoms. The van der Waals surface area contributed by atoms with Crippen molar-refractivity contribution in [3.05, 3.63) is 66.0 Å². The molecule has 2 aromatic carbocycles. The van der Waals surface area contributed by atoms with Crippen molar-refractivity contribution in [2.45, 2.75) is 13.8 Å². The molecular weight excluding hydrogens is 394 g/mol. The lowest BCUT2D eigenvalue weighted by Gasteiger charge is -2.16. The van der Waals surface area contributed by atoms with Crippen LogP contribution in [0.15, 0.2) is 54.6 Å². The normalized spacial score (nSPS) is 10.7. The Kier molecular flexibility index (Phi) is 7.04. The Morgan fingerprint density at radius 2 is 1.68 bits per heavy atom. The molecule has 3 aromatic rings. The number of nitrogens with one attached hydrogen (secondary N) is 2. The van der Waals surface area contributed by atoms with Gasteiger partial charge in [0.1, 0.15) is 5.75 Å². The number of hydrogen-bond donors (Lipinski definition) is 2. The summed E-state index contributed by atoms with van der Waals surface area (Å²) in [5, 5.41) is 10.3. The molecule has 0 aliphatic carbocycles. The smallest absolute Gasteiger partial charge is 0.238 e. The van der Waals surface area contributed by atoms with Gasteiger partial charge in [0.25, 0.3) is 0 Å². The van der Waals surface area contributed by atoms with Gasteiger partial charge in [0.15, 0.2) is 0 Å². The number of anilines is 2. The third kappa shape index (κ3) is 5.70. The van der Waals surface area contributed by atoms with Crippen LogP contribution in [-0.2, 0) is 9.59 Å². The SMILES string of the molecule is COc1cccc(NC(=O)CN(C)CC(=O)Nc2c(C)nn(-c3ccccc3)c2C)c1. The van der Waals surface area contributed by atoms with Crippen LogP contribution in [0.3, 0.4) is 0 Å². The number of likely N-dealkylation sites (N-methyl/N-ethyl adjacent to an activating group) is 1. The Morgan fingerprint density at radius 3 is 2.35 bits per heavy atom. The molecule has 0 aliphatic rings. The molecule has 8 nitrogen and oxygen atoms in total. The Balaban J connectivity index is 1.57. The third-order valence-corrected chi connectivity index (χ3v) is 4.74. The van der Waals surface area contributed by atoms with Crippen molar-refractivity contribution in [3.8, 4) is 11.4 Å². The second-order valence-corrected chi connectivity index (χ2v) is 7.29. The van der Waals surface area contributed by atoms with E-state index in [2.05, 4.69) is 15.7 Å². The average molecular weight is 422 g/mol. The van der Waals surface area contributed by atoms with E-state index < -0.39 is 0 Å². The number of nitrogens with zero attached hydrogens (tertiary/aromatic N) is 3. The van der Waals surface area contributed by atoms with Crippen LogP contribution in [0.25, 0.3) is 5.69 Å².